The van der Waals surface area contributed by atoms with Crippen molar-refractivity contribution in [2.24, 2.45) is 0 Å². The maximum Gasteiger partial charge on any atom is 0.240 e. The average molecular weight is 519 g/mol. The van der Waals surface area contributed by atoms with Gasteiger partial charge in [-0.3, -0.25) is 9.80 Å². The van der Waals surface area contributed by atoms with Gasteiger partial charge in [-0.1, -0.05) is 19.1 Å². The molecule has 2 aromatic carbocycles. The van der Waals surface area contributed by atoms with Gasteiger partial charge in [-0.2, -0.15) is 0 Å². The number of sulfonamides is 1. The van der Waals surface area contributed by atoms with Crippen molar-refractivity contribution in [3.8, 4) is 5.75 Å². The van der Waals surface area contributed by atoms with Crippen molar-refractivity contribution in [1.29, 1.82) is 0 Å². The number of aromatic nitrogens is 1. The van der Waals surface area contributed by atoms with Gasteiger partial charge >= 0.3 is 0 Å². The summed E-state index contributed by atoms with van der Waals surface area (Å²) in [5.74, 6) is 0.718. The number of hydrogen-bond acceptors (Lipinski definition) is 8. The Balaban J connectivity index is 1.14. The molecule has 1 fully saturated rings. The number of β-amino-alcohol motifs (C(OH)–C–C–N with tert-alkyl or cyclic N) is 1. The van der Waals surface area contributed by atoms with Crippen molar-refractivity contribution in [1.82, 2.24) is 19.5 Å². The van der Waals surface area contributed by atoms with Crippen LogP contribution in [0.1, 0.15) is 17.5 Å². The van der Waals surface area contributed by atoms with Gasteiger partial charge in [0.05, 0.1) is 20.1 Å². The first-order chi connectivity index (χ1) is 16.8. The normalized spacial score (nSPS) is 16.5. The highest BCUT2D eigenvalue weighted by molar-refractivity contribution is 7.89. The fraction of sp³-hybridized carbons (Fsp3) is 0.480. The third-order valence-electron chi connectivity index (χ3n) is 6.20. The van der Waals surface area contributed by atoms with E-state index in [2.05, 4.69) is 19.5 Å². The van der Waals surface area contributed by atoms with E-state index in [9.17, 15) is 13.5 Å². The number of thiazole rings is 1. The summed E-state index contributed by atoms with van der Waals surface area (Å²) < 4.78 is 34.6. The lowest BCUT2D eigenvalue weighted by atomic mass is 10.2. The molecule has 4 rings (SSSR count). The number of rotatable bonds is 11. The molecule has 1 aromatic heterocycles. The SMILES string of the molecule is CCc1ccc(S(=O)(=O)NCCN2CCN(C[C@@H](O)COc3ccc4sc(C)nc4c3)CC2)cc1. The Morgan fingerprint density at radius 1 is 1.11 bits per heavy atom. The minimum Gasteiger partial charge on any atom is -0.491 e. The predicted molar refractivity (Wildman–Crippen MR) is 140 cm³/mol. The van der Waals surface area contributed by atoms with Gasteiger partial charge in [-0.05, 0) is 43.2 Å². The van der Waals surface area contributed by atoms with Crippen molar-refractivity contribution in [2.45, 2.75) is 31.3 Å². The van der Waals surface area contributed by atoms with Crippen LogP contribution in [-0.2, 0) is 16.4 Å². The summed E-state index contributed by atoms with van der Waals surface area (Å²) in [5.41, 5.74) is 2.04. The summed E-state index contributed by atoms with van der Waals surface area (Å²) in [4.78, 5) is 9.25. The Morgan fingerprint density at radius 2 is 1.83 bits per heavy atom. The molecule has 2 heterocycles. The number of aliphatic hydroxyl groups excluding tert-OH is 1. The van der Waals surface area contributed by atoms with Crippen molar-refractivity contribution in [3.05, 3.63) is 53.0 Å². The summed E-state index contributed by atoms with van der Waals surface area (Å²) >= 11 is 1.65. The molecule has 1 aliphatic heterocycles. The molecule has 0 bridgehead atoms. The van der Waals surface area contributed by atoms with Gasteiger partial charge in [0, 0.05) is 51.9 Å². The fourth-order valence-corrected chi connectivity index (χ4v) is 6.01. The lowest BCUT2D eigenvalue weighted by molar-refractivity contribution is 0.0465. The molecule has 8 nitrogen and oxygen atoms in total. The molecule has 10 heteroatoms. The molecule has 190 valence electrons. The minimum atomic E-state index is -3.49. The van der Waals surface area contributed by atoms with E-state index in [0.29, 0.717) is 24.5 Å². The molecule has 0 saturated carbocycles. The predicted octanol–water partition coefficient (Wildman–Crippen LogP) is 2.50. The second kappa shape index (κ2) is 11.8. The third kappa shape index (κ3) is 7.22. The van der Waals surface area contributed by atoms with E-state index in [1.807, 2.05) is 44.2 Å². The van der Waals surface area contributed by atoms with Gasteiger partial charge in [0.1, 0.15) is 18.5 Å². The summed E-state index contributed by atoms with van der Waals surface area (Å²) in [6, 6.07) is 12.9. The molecule has 0 aliphatic carbocycles. The molecular weight excluding hydrogens is 484 g/mol. The minimum absolute atomic E-state index is 0.232. The second-order valence-corrected chi connectivity index (χ2v) is 11.9. The summed E-state index contributed by atoms with van der Waals surface area (Å²) in [7, 11) is -3.49. The topological polar surface area (TPSA) is 95.0 Å². The molecule has 1 atom stereocenters. The van der Waals surface area contributed by atoms with E-state index in [4.69, 9.17) is 4.74 Å². The van der Waals surface area contributed by atoms with E-state index in [1.54, 1.807) is 23.5 Å². The zero-order chi connectivity index (χ0) is 24.8. The molecule has 1 saturated heterocycles. The van der Waals surface area contributed by atoms with Crippen molar-refractivity contribution in [3.63, 3.8) is 0 Å². The Bertz CT molecular complexity index is 1210. The Hall–Kier alpha value is -2.08. The third-order valence-corrected chi connectivity index (χ3v) is 8.63. The lowest BCUT2D eigenvalue weighted by Crippen LogP contribution is -2.50. The zero-order valence-electron chi connectivity index (χ0n) is 20.3. The van der Waals surface area contributed by atoms with Gasteiger partial charge in [0.2, 0.25) is 10.0 Å². The van der Waals surface area contributed by atoms with Gasteiger partial charge in [0.15, 0.2) is 0 Å². The number of fused-ring (bicyclic) bond motifs is 1. The van der Waals surface area contributed by atoms with Crippen molar-refractivity contribution >= 4 is 31.6 Å². The van der Waals surface area contributed by atoms with Gasteiger partial charge in [-0.15, -0.1) is 11.3 Å². The number of aliphatic hydroxyl groups is 1. The van der Waals surface area contributed by atoms with Crippen LogP contribution in [0.5, 0.6) is 5.75 Å². The number of nitrogens with one attached hydrogen (secondary N) is 1. The van der Waals surface area contributed by atoms with E-state index in [0.717, 1.165) is 59.1 Å². The van der Waals surface area contributed by atoms with Crippen LogP contribution < -0.4 is 9.46 Å². The largest absolute Gasteiger partial charge is 0.491 e. The first-order valence-electron chi connectivity index (χ1n) is 12.0. The number of nitrogens with zero attached hydrogens (tertiary/aromatic N) is 3. The van der Waals surface area contributed by atoms with E-state index in [-0.39, 0.29) is 6.61 Å². The molecule has 35 heavy (non-hydrogen) atoms. The second-order valence-electron chi connectivity index (χ2n) is 8.86. The van der Waals surface area contributed by atoms with Crippen LogP contribution in [0.2, 0.25) is 0 Å². The lowest BCUT2D eigenvalue weighted by Gasteiger charge is -2.35. The average Bonchev–Trinajstić information content (AvgIpc) is 3.23. The van der Waals surface area contributed by atoms with Gasteiger partial charge < -0.3 is 9.84 Å². The van der Waals surface area contributed by atoms with E-state index >= 15 is 0 Å². The Kier molecular flexibility index (Phi) is 8.74. The highest BCUT2D eigenvalue weighted by Gasteiger charge is 2.20. The van der Waals surface area contributed by atoms with Crippen LogP contribution in [-0.4, -0.2) is 86.8 Å². The monoisotopic (exact) mass is 518 g/mol. The molecule has 0 unspecified atom stereocenters. The zero-order valence-corrected chi connectivity index (χ0v) is 21.9. The molecule has 0 radical (unpaired) electrons. The van der Waals surface area contributed by atoms with Crippen molar-refractivity contribution < 1.29 is 18.3 Å². The highest BCUT2D eigenvalue weighted by Crippen LogP contribution is 2.25. The fourth-order valence-electron chi connectivity index (χ4n) is 4.18. The summed E-state index contributed by atoms with van der Waals surface area (Å²) in [5, 5.41) is 11.5. The summed E-state index contributed by atoms with van der Waals surface area (Å²) in [6.07, 6.45) is 0.299. The van der Waals surface area contributed by atoms with Crippen LogP contribution in [0.3, 0.4) is 0 Å². The van der Waals surface area contributed by atoms with Crippen LogP contribution in [0.25, 0.3) is 10.2 Å². The number of benzene rings is 2. The van der Waals surface area contributed by atoms with E-state index in [1.165, 1.54) is 0 Å². The molecular formula is C25H34N4O4S2. The van der Waals surface area contributed by atoms with E-state index < -0.39 is 16.1 Å². The molecule has 0 spiro atoms. The van der Waals surface area contributed by atoms with Gasteiger partial charge in [-0.25, -0.2) is 18.1 Å². The summed E-state index contributed by atoms with van der Waals surface area (Å²) in [6.45, 7) is 9.16. The Morgan fingerprint density at radius 3 is 2.54 bits per heavy atom. The number of piperazine rings is 1. The molecule has 0 amide bonds. The maximum atomic E-state index is 12.5. The van der Waals surface area contributed by atoms with Crippen LogP contribution >= 0.6 is 11.3 Å². The quantitative estimate of drug-likeness (QED) is 0.403. The highest BCUT2D eigenvalue weighted by atomic mass is 32.2. The first-order valence-corrected chi connectivity index (χ1v) is 14.3. The maximum absolute atomic E-state index is 12.5. The standard InChI is InChI=1S/C25H34N4O4S2/c1-3-20-4-7-23(8-5-20)35(31,32)26-10-11-28-12-14-29(15-13-28)17-21(30)18-33-22-6-9-25-24(16-22)27-19(2)34-25/h4-9,16,21,26,30H,3,10-15,17-18H2,1-2H3/t21-/m1/s1. The molecule has 3 aromatic rings. The van der Waals surface area contributed by atoms with Crippen LogP contribution in [0, 0.1) is 6.92 Å². The van der Waals surface area contributed by atoms with Crippen LogP contribution in [0.4, 0.5) is 0 Å². The van der Waals surface area contributed by atoms with Crippen molar-refractivity contribution in [2.75, 3.05) is 52.4 Å². The number of aryl methyl sites for hydroxylation is 2. The van der Waals surface area contributed by atoms with Gasteiger partial charge in [0.25, 0.3) is 0 Å². The molecule has 2 N–H and O–H groups in total. The number of hydrogen-bond donors (Lipinski definition) is 2. The number of ether oxygens (including phenoxy) is 1. The first kappa shape index (κ1) is 26.0. The van der Waals surface area contributed by atoms with Crippen LogP contribution in [0.15, 0.2) is 47.4 Å². The molecule has 1 aliphatic rings. The Labute approximate surface area is 211 Å². The smallest absolute Gasteiger partial charge is 0.240 e.